The third-order valence-electron chi connectivity index (χ3n) is 4.61. The molecule has 0 aromatic rings. The van der Waals surface area contributed by atoms with Crippen molar-refractivity contribution in [2.45, 2.75) is 52.7 Å². The van der Waals surface area contributed by atoms with Crippen LogP contribution in [0.15, 0.2) is 5.57 Å². The number of likely N-dealkylation sites (tertiary alicyclic amines) is 1. The summed E-state index contributed by atoms with van der Waals surface area (Å²) >= 11 is 0. The first-order chi connectivity index (χ1) is 9.22. The van der Waals surface area contributed by atoms with Gasteiger partial charge in [0.05, 0.1) is 17.8 Å². The van der Waals surface area contributed by atoms with E-state index in [1.165, 1.54) is 4.90 Å². The molecule has 2 aliphatic rings. The van der Waals surface area contributed by atoms with Crippen molar-refractivity contribution < 1.29 is 19.4 Å². The molecule has 0 bridgehead atoms. The van der Waals surface area contributed by atoms with Crippen LogP contribution in [0, 0.1) is 10.8 Å². The summed E-state index contributed by atoms with van der Waals surface area (Å²) in [7, 11) is 0. The molecule has 2 fully saturated rings. The summed E-state index contributed by atoms with van der Waals surface area (Å²) in [6.07, 6.45) is 0.0769. The van der Waals surface area contributed by atoms with Crippen LogP contribution in [0.25, 0.3) is 0 Å². The highest BCUT2D eigenvalue weighted by atomic mass is 16.5. The number of ether oxygens (including phenoxy) is 1. The van der Waals surface area contributed by atoms with E-state index in [2.05, 4.69) is 26.7 Å². The Bertz CT molecular complexity index is 451. The highest BCUT2D eigenvalue weighted by molar-refractivity contribution is 5.65. The molecular formula is C15H23NO4. The van der Waals surface area contributed by atoms with Crippen LogP contribution in [0.4, 0.5) is 4.79 Å². The lowest BCUT2D eigenvalue weighted by atomic mass is 9.63. The summed E-state index contributed by atoms with van der Waals surface area (Å²) in [5.41, 5.74) is 0.228. The lowest BCUT2D eigenvalue weighted by Gasteiger charge is -2.45. The van der Waals surface area contributed by atoms with E-state index < -0.39 is 6.09 Å². The second-order valence-corrected chi connectivity index (χ2v) is 6.97. The normalized spacial score (nSPS) is 29.6. The number of carboxylic acid groups (broad SMARTS) is 1. The number of hydrogen-bond acceptors (Lipinski definition) is 3. The molecule has 5 heteroatoms. The Morgan fingerprint density at radius 1 is 1.40 bits per heavy atom. The molecule has 2 rings (SSSR count). The second-order valence-electron chi connectivity index (χ2n) is 6.97. The van der Waals surface area contributed by atoms with Crippen LogP contribution in [-0.2, 0) is 9.53 Å². The van der Waals surface area contributed by atoms with Crippen LogP contribution in [-0.4, -0.2) is 47.3 Å². The van der Waals surface area contributed by atoms with Gasteiger partial charge in [0.2, 0.25) is 0 Å². The van der Waals surface area contributed by atoms with Gasteiger partial charge in [-0.1, -0.05) is 20.8 Å². The molecule has 1 spiro atoms. The van der Waals surface area contributed by atoms with Gasteiger partial charge in [0.25, 0.3) is 0 Å². The van der Waals surface area contributed by atoms with Crippen molar-refractivity contribution in [1.82, 2.24) is 4.90 Å². The Morgan fingerprint density at radius 2 is 1.95 bits per heavy atom. The second kappa shape index (κ2) is 4.90. The Hall–Kier alpha value is -1.32. The maximum Gasteiger partial charge on any atom is 0.407 e. The molecule has 5 nitrogen and oxygen atoms in total. The summed E-state index contributed by atoms with van der Waals surface area (Å²) < 4.78 is 6.05. The van der Waals surface area contributed by atoms with Gasteiger partial charge in [-0.3, -0.25) is 0 Å². The highest BCUT2D eigenvalue weighted by Gasteiger charge is 2.57. The Morgan fingerprint density at radius 3 is 2.35 bits per heavy atom. The number of carbonyl (C=O) groups excluding carboxylic acids is 1. The Balaban J connectivity index is 2.34. The zero-order valence-corrected chi connectivity index (χ0v) is 12.6. The largest absolute Gasteiger partial charge is 0.465 e. The average Bonchev–Trinajstić information content (AvgIpc) is 2.62. The molecule has 2 atom stereocenters. The van der Waals surface area contributed by atoms with E-state index in [1.807, 2.05) is 6.92 Å². The molecule has 0 aromatic heterocycles. The topological polar surface area (TPSA) is 66.8 Å². The first-order valence-corrected chi connectivity index (χ1v) is 7.11. The van der Waals surface area contributed by atoms with Gasteiger partial charge in [-0.2, -0.15) is 0 Å². The van der Waals surface area contributed by atoms with Crippen LogP contribution >= 0.6 is 0 Å². The molecule has 2 aliphatic heterocycles. The van der Waals surface area contributed by atoms with Crippen molar-refractivity contribution in [2.75, 3.05) is 13.1 Å². The minimum absolute atomic E-state index is 0.0719. The van der Waals surface area contributed by atoms with Gasteiger partial charge in [0.15, 0.2) is 0 Å². The fraction of sp³-hybridized carbons (Fsp3) is 0.800. The van der Waals surface area contributed by atoms with Gasteiger partial charge in [0.1, 0.15) is 5.94 Å². The molecular weight excluding hydrogens is 258 g/mol. The zero-order valence-electron chi connectivity index (χ0n) is 12.6. The maximum atomic E-state index is 11.4. The SMILES string of the molecule is CC1O[C@@H](C(C)(C)C)C2(CCN(C(=O)O)CC2)C1=C=O. The molecule has 1 amide bonds. The van der Waals surface area contributed by atoms with E-state index in [0.717, 1.165) is 0 Å². The van der Waals surface area contributed by atoms with Crippen LogP contribution in [0.1, 0.15) is 40.5 Å². The lowest BCUT2D eigenvalue weighted by Crippen LogP contribution is -2.50. The van der Waals surface area contributed by atoms with Crippen molar-refractivity contribution in [3.63, 3.8) is 0 Å². The molecule has 2 heterocycles. The van der Waals surface area contributed by atoms with Crippen LogP contribution in [0.3, 0.4) is 0 Å². The number of hydrogen-bond donors (Lipinski definition) is 1. The molecule has 112 valence electrons. The van der Waals surface area contributed by atoms with Crippen molar-refractivity contribution in [3.05, 3.63) is 5.57 Å². The first-order valence-electron chi connectivity index (χ1n) is 7.11. The number of rotatable bonds is 0. The number of nitrogens with zero attached hydrogens (tertiary/aromatic N) is 1. The Kier molecular flexibility index (Phi) is 3.69. The third-order valence-corrected chi connectivity index (χ3v) is 4.61. The standard InChI is InChI=1S/C15H23NO4/c1-10-11(9-17)15(12(20-10)14(2,3)4)5-7-16(8-6-15)13(18)19/h10,12H,5-8H2,1-4H3,(H,18,19)/t10?,12-/m0/s1. The third kappa shape index (κ3) is 2.25. The van der Waals surface area contributed by atoms with Gasteiger partial charge < -0.3 is 14.7 Å². The lowest BCUT2D eigenvalue weighted by molar-refractivity contribution is -0.0664. The van der Waals surface area contributed by atoms with Gasteiger partial charge in [-0.05, 0) is 25.2 Å². The summed E-state index contributed by atoms with van der Waals surface area (Å²) in [6, 6.07) is 0. The molecule has 1 N–H and O–H groups in total. The molecule has 0 radical (unpaired) electrons. The summed E-state index contributed by atoms with van der Waals surface area (Å²) in [5.74, 6) is 2.10. The quantitative estimate of drug-likeness (QED) is 0.692. The Labute approximate surface area is 119 Å². The van der Waals surface area contributed by atoms with Gasteiger partial charge in [-0.15, -0.1) is 0 Å². The van der Waals surface area contributed by atoms with Crippen LogP contribution in [0.5, 0.6) is 0 Å². The van der Waals surface area contributed by atoms with Crippen molar-refractivity contribution in [1.29, 1.82) is 0 Å². The average molecular weight is 281 g/mol. The first kappa shape index (κ1) is 15.1. The summed E-state index contributed by atoms with van der Waals surface area (Å²) in [4.78, 5) is 23.9. The number of piperidine rings is 1. The molecule has 0 saturated carbocycles. The molecule has 1 unspecified atom stereocenters. The summed E-state index contributed by atoms with van der Waals surface area (Å²) in [6.45, 7) is 9.08. The maximum absolute atomic E-state index is 11.4. The van der Waals surface area contributed by atoms with E-state index in [0.29, 0.717) is 31.5 Å². The van der Waals surface area contributed by atoms with Crippen LogP contribution in [0.2, 0.25) is 0 Å². The van der Waals surface area contributed by atoms with Crippen molar-refractivity contribution in [3.8, 4) is 0 Å². The number of carbonyl (C=O) groups is 1. The van der Waals surface area contributed by atoms with E-state index in [9.17, 15) is 9.59 Å². The van der Waals surface area contributed by atoms with E-state index >= 15 is 0 Å². The minimum Gasteiger partial charge on any atom is -0.465 e. The van der Waals surface area contributed by atoms with E-state index in [-0.39, 0.29) is 23.0 Å². The molecule has 0 aliphatic carbocycles. The van der Waals surface area contributed by atoms with E-state index in [4.69, 9.17) is 9.84 Å². The monoisotopic (exact) mass is 281 g/mol. The van der Waals surface area contributed by atoms with Crippen molar-refractivity contribution >= 4 is 12.0 Å². The fourth-order valence-corrected chi connectivity index (χ4v) is 3.79. The number of amides is 1. The van der Waals surface area contributed by atoms with Gasteiger partial charge in [0, 0.05) is 18.5 Å². The smallest absolute Gasteiger partial charge is 0.407 e. The minimum atomic E-state index is -0.893. The zero-order chi connectivity index (χ0) is 15.1. The predicted octanol–water partition coefficient (Wildman–Crippen LogP) is 2.34. The van der Waals surface area contributed by atoms with Crippen LogP contribution < -0.4 is 0 Å². The van der Waals surface area contributed by atoms with Crippen molar-refractivity contribution in [2.24, 2.45) is 10.8 Å². The molecule has 20 heavy (non-hydrogen) atoms. The van der Waals surface area contributed by atoms with E-state index in [1.54, 1.807) is 0 Å². The van der Waals surface area contributed by atoms with Gasteiger partial charge >= 0.3 is 6.09 Å². The predicted molar refractivity (Wildman–Crippen MR) is 74.3 cm³/mol. The fourth-order valence-electron chi connectivity index (χ4n) is 3.79. The summed E-state index contributed by atoms with van der Waals surface area (Å²) in [5, 5.41) is 9.08. The molecule has 0 aromatic carbocycles. The molecule has 2 saturated heterocycles. The van der Waals surface area contributed by atoms with Gasteiger partial charge in [-0.25, -0.2) is 9.59 Å². The highest BCUT2D eigenvalue weighted by Crippen LogP contribution is 2.54.